The Kier molecular flexibility index (Phi) is 9.51. The number of benzene rings is 1. The molecule has 0 bridgehead atoms. The zero-order valence-electron chi connectivity index (χ0n) is 18.2. The lowest BCUT2D eigenvalue weighted by molar-refractivity contribution is 0.220. The lowest BCUT2D eigenvalue weighted by atomic mass is 10.0. The van der Waals surface area contributed by atoms with Crippen molar-refractivity contribution in [3.8, 4) is 0 Å². The van der Waals surface area contributed by atoms with Crippen molar-refractivity contribution in [2.75, 3.05) is 39.8 Å². The van der Waals surface area contributed by atoms with Crippen molar-refractivity contribution in [2.24, 2.45) is 4.99 Å². The summed E-state index contributed by atoms with van der Waals surface area (Å²) in [5.74, 6) is 0.945. The van der Waals surface area contributed by atoms with Gasteiger partial charge in [0.1, 0.15) is 0 Å². The Morgan fingerprint density at radius 2 is 1.96 bits per heavy atom. The first-order chi connectivity index (χ1) is 13.5. The van der Waals surface area contributed by atoms with E-state index in [0.29, 0.717) is 12.1 Å². The van der Waals surface area contributed by atoms with E-state index in [0.717, 1.165) is 58.1 Å². The second-order valence-electron chi connectivity index (χ2n) is 8.12. The second kappa shape index (κ2) is 11.9. The SMILES string of the molecule is C=C(C)CN1CCC(NC(=NCC(C)N(C)Cc2ccccc2)NCC)CC1. The number of aliphatic imine (C=N–C) groups is 1. The van der Waals surface area contributed by atoms with E-state index < -0.39 is 0 Å². The van der Waals surface area contributed by atoms with Crippen molar-refractivity contribution in [3.05, 3.63) is 48.0 Å². The third kappa shape index (κ3) is 8.03. The van der Waals surface area contributed by atoms with E-state index in [-0.39, 0.29) is 0 Å². The molecule has 0 aromatic heterocycles. The van der Waals surface area contributed by atoms with E-state index in [1.54, 1.807) is 0 Å². The van der Waals surface area contributed by atoms with E-state index in [1.165, 1.54) is 11.1 Å². The van der Waals surface area contributed by atoms with Crippen LogP contribution in [0.2, 0.25) is 0 Å². The van der Waals surface area contributed by atoms with Gasteiger partial charge in [0, 0.05) is 44.8 Å². The van der Waals surface area contributed by atoms with Crippen molar-refractivity contribution in [1.82, 2.24) is 20.4 Å². The van der Waals surface area contributed by atoms with Crippen molar-refractivity contribution < 1.29 is 0 Å². The minimum Gasteiger partial charge on any atom is -0.357 e. The van der Waals surface area contributed by atoms with Crippen LogP contribution in [0.4, 0.5) is 0 Å². The molecule has 5 heteroatoms. The molecule has 1 aromatic rings. The maximum atomic E-state index is 4.86. The summed E-state index contributed by atoms with van der Waals surface area (Å²) >= 11 is 0. The first-order valence-electron chi connectivity index (χ1n) is 10.6. The predicted molar refractivity (Wildman–Crippen MR) is 121 cm³/mol. The number of piperidine rings is 1. The number of hydrogen-bond donors (Lipinski definition) is 2. The summed E-state index contributed by atoms with van der Waals surface area (Å²) in [4.78, 5) is 9.71. The average Bonchev–Trinajstić information content (AvgIpc) is 2.68. The van der Waals surface area contributed by atoms with Crippen LogP contribution in [0.1, 0.15) is 39.2 Å². The highest BCUT2D eigenvalue weighted by Gasteiger charge is 2.20. The van der Waals surface area contributed by atoms with Gasteiger partial charge < -0.3 is 10.6 Å². The fraction of sp³-hybridized carbons (Fsp3) is 0.609. The molecule has 1 aliphatic rings. The lowest BCUT2D eigenvalue weighted by Gasteiger charge is -2.33. The molecule has 1 saturated heterocycles. The number of hydrogen-bond acceptors (Lipinski definition) is 3. The maximum absolute atomic E-state index is 4.86. The van der Waals surface area contributed by atoms with Crippen LogP contribution in [0.25, 0.3) is 0 Å². The molecule has 0 amide bonds. The van der Waals surface area contributed by atoms with Gasteiger partial charge in [0.05, 0.1) is 6.54 Å². The molecular formula is C23H39N5. The van der Waals surface area contributed by atoms with Crippen LogP contribution in [0.15, 0.2) is 47.5 Å². The predicted octanol–water partition coefficient (Wildman–Crippen LogP) is 3.10. The minimum absolute atomic E-state index is 0.382. The summed E-state index contributed by atoms with van der Waals surface area (Å²) in [6.45, 7) is 16.4. The summed E-state index contributed by atoms with van der Waals surface area (Å²) < 4.78 is 0. The normalized spacial score (nSPS) is 17.5. The molecule has 1 heterocycles. The van der Waals surface area contributed by atoms with Gasteiger partial charge in [0.2, 0.25) is 0 Å². The van der Waals surface area contributed by atoms with Crippen LogP contribution in [-0.2, 0) is 6.54 Å². The van der Waals surface area contributed by atoms with Gasteiger partial charge in [-0.2, -0.15) is 0 Å². The molecule has 1 aliphatic heterocycles. The Morgan fingerprint density at radius 1 is 1.29 bits per heavy atom. The van der Waals surface area contributed by atoms with Crippen molar-refractivity contribution in [1.29, 1.82) is 0 Å². The molecule has 0 aliphatic carbocycles. The molecule has 1 unspecified atom stereocenters. The molecule has 1 aromatic carbocycles. The third-order valence-electron chi connectivity index (χ3n) is 5.31. The van der Waals surface area contributed by atoms with Crippen LogP contribution in [0.5, 0.6) is 0 Å². The number of guanidine groups is 1. The number of nitrogens with zero attached hydrogens (tertiary/aromatic N) is 3. The number of likely N-dealkylation sites (tertiary alicyclic amines) is 1. The largest absolute Gasteiger partial charge is 0.357 e. The van der Waals surface area contributed by atoms with Gasteiger partial charge in [0.25, 0.3) is 0 Å². The standard InChI is InChI=1S/C23H39N5/c1-6-24-23(26-22-12-14-28(15-13-22)17-19(2)3)25-16-20(4)27(5)18-21-10-8-7-9-11-21/h7-11,20,22H,2,6,12-18H2,1,3-5H3,(H2,24,25,26). The maximum Gasteiger partial charge on any atom is 0.191 e. The van der Waals surface area contributed by atoms with Crippen LogP contribution in [-0.4, -0.2) is 67.6 Å². The van der Waals surface area contributed by atoms with Gasteiger partial charge in [0.15, 0.2) is 5.96 Å². The summed E-state index contributed by atoms with van der Waals surface area (Å²) in [5.41, 5.74) is 2.59. The quantitative estimate of drug-likeness (QED) is 0.389. The van der Waals surface area contributed by atoms with Gasteiger partial charge >= 0.3 is 0 Å². The van der Waals surface area contributed by atoms with E-state index in [2.05, 4.69) is 85.2 Å². The molecule has 1 atom stereocenters. The Hall–Kier alpha value is -1.85. The fourth-order valence-electron chi connectivity index (χ4n) is 3.52. The van der Waals surface area contributed by atoms with E-state index in [1.807, 2.05) is 0 Å². The van der Waals surface area contributed by atoms with Crippen LogP contribution in [0, 0.1) is 0 Å². The molecule has 2 N–H and O–H groups in total. The first kappa shape index (κ1) is 22.4. The molecule has 0 radical (unpaired) electrons. The molecule has 1 fully saturated rings. The molecule has 28 heavy (non-hydrogen) atoms. The van der Waals surface area contributed by atoms with Crippen molar-refractivity contribution in [2.45, 2.75) is 52.2 Å². The zero-order chi connectivity index (χ0) is 20.4. The van der Waals surface area contributed by atoms with Crippen LogP contribution in [0.3, 0.4) is 0 Å². The monoisotopic (exact) mass is 385 g/mol. The van der Waals surface area contributed by atoms with Crippen molar-refractivity contribution in [3.63, 3.8) is 0 Å². The highest BCUT2D eigenvalue weighted by atomic mass is 15.2. The van der Waals surface area contributed by atoms with Gasteiger partial charge in [-0.15, -0.1) is 0 Å². The first-order valence-corrected chi connectivity index (χ1v) is 10.6. The Labute approximate surface area is 171 Å². The van der Waals surface area contributed by atoms with Crippen LogP contribution < -0.4 is 10.6 Å². The Morgan fingerprint density at radius 3 is 2.57 bits per heavy atom. The fourth-order valence-corrected chi connectivity index (χ4v) is 3.52. The molecule has 5 nitrogen and oxygen atoms in total. The molecule has 0 spiro atoms. The Bertz CT molecular complexity index is 605. The van der Waals surface area contributed by atoms with Crippen LogP contribution >= 0.6 is 0 Å². The van der Waals surface area contributed by atoms with E-state index in [9.17, 15) is 0 Å². The Balaban J connectivity index is 1.81. The number of likely N-dealkylation sites (N-methyl/N-ethyl adjacent to an activating group) is 1. The molecule has 0 saturated carbocycles. The van der Waals surface area contributed by atoms with E-state index in [4.69, 9.17) is 4.99 Å². The van der Waals surface area contributed by atoms with Gasteiger partial charge in [-0.25, -0.2) is 0 Å². The summed E-state index contributed by atoms with van der Waals surface area (Å²) in [6.07, 6.45) is 2.31. The second-order valence-corrected chi connectivity index (χ2v) is 8.12. The van der Waals surface area contributed by atoms with Crippen molar-refractivity contribution >= 4 is 5.96 Å². The summed E-state index contributed by atoms with van der Waals surface area (Å²) in [7, 11) is 2.17. The van der Waals surface area contributed by atoms with Gasteiger partial charge in [-0.3, -0.25) is 14.8 Å². The highest BCUT2D eigenvalue weighted by molar-refractivity contribution is 5.80. The third-order valence-corrected chi connectivity index (χ3v) is 5.31. The number of rotatable bonds is 9. The van der Waals surface area contributed by atoms with Gasteiger partial charge in [-0.05, 0) is 46.2 Å². The van der Waals surface area contributed by atoms with Gasteiger partial charge in [-0.1, -0.05) is 42.5 Å². The summed E-state index contributed by atoms with van der Waals surface area (Å²) in [5, 5.41) is 7.06. The molecular weight excluding hydrogens is 346 g/mol. The average molecular weight is 386 g/mol. The summed E-state index contributed by atoms with van der Waals surface area (Å²) in [6, 6.07) is 11.5. The lowest BCUT2D eigenvalue weighted by Crippen LogP contribution is -2.49. The zero-order valence-corrected chi connectivity index (χ0v) is 18.2. The highest BCUT2D eigenvalue weighted by Crippen LogP contribution is 2.11. The smallest absolute Gasteiger partial charge is 0.191 e. The topological polar surface area (TPSA) is 42.9 Å². The minimum atomic E-state index is 0.382. The molecule has 2 rings (SSSR count). The molecule has 156 valence electrons. The number of nitrogens with one attached hydrogen (secondary N) is 2. The van der Waals surface area contributed by atoms with E-state index >= 15 is 0 Å².